The van der Waals surface area contributed by atoms with E-state index in [1.807, 2.05) is 0 Å². The summed E-state index contributed by atoms with van der Waals surface area (Å²) in [6.07, 6.45) is 4.38. The lowest BCUT2D eigenvalue weighted by Crippen LogP contribution is -2.33. The van der Waals surface area contributed by atoms with Crippen LogP contribution in [-0.4, -0.2) is 47.1 Å². The first-order chi connectivity index (χ1) is 11.1. The summed E-state index contributed by atoms with van der Waals surface area (Å²) in [6, 6.07) is 7.00. The molecule has 1 amide bonds. The molecule has 0 aliphatic carbocycles. The maximum atomic E-state index is 12.5. The Kier molecular flexibility index (Phi) is 4.71. The number of amides is 1. The highest BCUT2D eigenvalue weighted by Crippen LogP contribution is 2.16. The molecule has 0 spiro atoms. The zero-order valence-electron chi connectivity index (χ0n) is 13.2. The molecule has 0 unspecified atom stereocenters. The van der Waals surface area contributed by atoms with E-state index in [-0.39, 0.29) is 23.4 Å². The summed E-state index contributed by atoms with van der Waals surface area (Å²) in [5.41, 5.74) is 0.242. The largest absolute Gasteiger partial charge is 0.378 e. The van der Waals surface area contributed by atoms with Crippen molar-refractivity contribution in [3.05, 3.63) is 40.4 Å². The van der Waals surface area contributed by atoms with Crippen LogP contribution in [-0.2, 0) is 4.74 Å². The highest BCUT2D eigenvalue weighted by molar-refractivity contribution is 5.92. The van der Waals surface area contributed by atoms with Gasteiger partial charge >= 0.3 is 0 Å². The Hall–Kier alpha value is -2.21. The number of para-hydroxylation sites is 1. The number of nitrogens with one attached hydrogen (secondary N) is 1. The van der Waals surface area contributed by atoms with E-state index in [4.69, 9.17) is 4.74 Å². The Balaban J connectivity index is 1.70. The van der Waals surface area contributed by atoms with Gasteiger partial charge in [0.15, 0.2) is 5.82 Å². The monoisotopic (exact) mass is 315 g/mol. The summed E-state index contributed by atoms with van der Waals surface area (Å²) in [7, 11) is 1.72. The van der Waals surface area contributed by atoms with Crippen molar-refractivity contribution in [1.82, 2.24) is 14.9 Å². The second-order valence-corrected chi connectivity index (χ2v) is 5.94. The fraction of sp³-hybridized carbons (Fsp3) is 0.471. The molecule has 2 aromatic rings. The molecule has 0 saturated carbocycles. The number of hydrogen-bond donors (Lipinski definition) is 1. The molecule has 6 heteroatoms. The smallest absolute Gasteiger partial charge is 0.289 e. The summed E-state index contributed by atoms with van der Waals surface area (Å²) in [6.45, 7) is 1.39. The number of aromatic amines is 1. The van der Waals surface area contributed by atoms with E-state index in [9.17, 15) is 9.59 Å². The third kappa shape index (κ3) is 3.59. The van der Waals surface area contributed by atoms with Gasteiger partial charge in [-0.15, -0.1) is 0 Å². The van der Waals surface area contributed by atoms with Gasteiger partial charge in [-0.25, -0.2) is 4.98 Å². The SMILES string of the molecule is CN(CC[C@@H]1CCCCO1)C(=O)c1nc2ccccc2c(=O)[nH]1. The van der Waals surface area contributed by atoms with Crippen LogP contribution in [0.3, 0.4) is 0 Å². The first-order valence-electron chi connectivity index (χ1n) is 8.01. The van der Waals surface area contributed by atoms with Crippen LogP contribution in [0.1, 0.15) is 36.3 Å². The van der Waals surface area contributed by atoms with E-state index in [0.717, 1.165) is 25.9 Å². The number of nitrogens with zero attached hydrogens (tertiary/aromatic N) is 2. The van der Waals surface area contributed by atoms with Gasteiger partial charge in [0.2, 0.25) is 0 Å². The molecule has 1 aliphatic rings. The van der Waals surface area contributed by atoms with Crippen LogP contribution in [0.4, 0.5) is 0 Å². The van der Waals surface area contributed by atoms with Crippen molar-refractivity contribution in [2.24, 2.45) is 0 Å². The van der Waals surface area contributed by atoms with Crippen LogP contribution in [0.5, 0.6) is 0 Å². The summed E-state index contributed by atoms with van der Waals surface area (Å²) in [5, 5.41) is 0.488. The van der Waals surface area contributed by atoms with Crippen molar-refractivity contribution in [2.45, 2.75) is 31.8 Å². The van der Waals surface area contributed by atoms with Crippen molar-refractivity contribution in [2.75, 3.05) is 20.2 Å². The van der Waals surface area contributed by atoms with Gasteiger partial charge in [0.1, 0.15) is 0 Å². The average Bonchev–Trinajstić information content (AvgIpc) is 2.60. The summed E-state index contributed by atoms with van der Waals surface area (Å²) < 4.78 is 5.68. The number of fused-ring (bicyclic) bond motifs is 1. The molecule has 0 radical (unpaired) electrons. The van der Waals surface area contributed by atoms with E-state index >= 15 is 0 Å². The van der Waals surface area contributed by atoms with Crippen LogP contribution in [0.2, 0.25) is 0 Å². The number of carbonyl (C=O) groups excluding carboxylic acids is 1. The molecule has 1 atom stereocenters. The van der Waals surface area contributed by atoms with E-state index in [1.54, 1.807) is 36.2 Å². The lowest BCUT2D eigenvalue weighted by molar-refractivity contribution is 0.00702. The fourth-order valence-corrected chi connectivity index (χ4v) is 2.84. The van der Waals surface area contributed by atoms with Gasteiger partial charge in [-0.3, -0.25) is 9.59 Å². The normalized spacial score (nSPS) is 18.0. The predicted molar refractivity (Wildman–Crippen MR) is 87.5 cm³/mol. The van der Waals surface area contributed by atoms with Gasteiger partial charge in [0.25, 0.3) is 11.5 Å². The maximum absolute atomic E-state index is 12.5. The zero-order valence-corrected chi connectivity index (χ0v) is 13.2. The minimum Gasteiger partial charge on any atom is -0.378 e. The molecule has 2 heterocycles. The Morgan fingerprint density at radius 2 is 2.22 bits per heavy atom. The van der Waals surface area contributed by atoms with E-state index in [2.05, 4.69) is 9.97 Å². The Morgan fingerprint density at radius 3 is 3.00 bits per heavy atom. The molecule has 6 nitrogen and oxygen atoms in total. The molecular formula is C17H21N3O3. The molecule has 1 saturated heterocycles. The zero-order chi connectivity index (χ0) is 16.2. The standard InChI is InChI=1S/C17H21N3O3/c1-20(10-9-12-6-4-5-11-23-12)17(22)15-18-14-8-3-2-7-13(14)16(21)19-15/h2-3,7-8,12H,4-6,9-11H2,1H3,(H,18,19,21)/t12-/m0/s1. The lowest BCUT2D eigenvalue weighted by atomic mass is 10.1. The molecule has 3 rings (SSSR count). The molecule has 23 heavy (non-hydrogen) atoms. The molecule has 1 aromatic carbocycles. The number of carbonyl (C=O) groups is 1. The predicted octanol–water partition coefficient (Wildman–Crippen LogP) is 1.95. The third-order valence-corrected chi connectivity index (χ3v) is 4.22. The Morgan fingerprint density at radius 1 is 1.39 bits per heavy atom. The lowest BCUT2D eigenvalue weighted by Gasteiger charge is -2.25. The Bertz CT molecular complexity index is 750. The molecule has 1 aliphatic heterocycles. The van der Waals surface area contributed by atoms with Gasteiger partial charge < -0.3 is 14.6 Å². The second-order valence-electron chi connectivity index (χ2n) is 5.94. The van der Waals surface area contributed by atoms with Gasteiger partial charge in [-0.2, -0.15) is 0 Å². The molecule has 1 aromatic heterocycles. The molecule has 1 fully saturated rings. The van der Waals surface area contributed by atoms with E-state index < -0.39 is 0 Å². The number of rotatable bonds is 4. The summed E-state index contributed by atoms with van der Waals surface area (Å²) >= 11 is 0. The Labute approximate surface area is 134 Å². The maximum Gasteiger partial charge on any atom is 0.289 e. The summed E-state index contributed by atoms with van der Waals surface area (Å²) in [4.78, 5) is 33.0. The first kappa shape index (κ1) is 15.7. The van der Waals surface area contributed by atoms with Crippen LogP contribution in [0.25, 0.3) is 10.9 Å². The van der Waals surface area contributed by atoms with Crippen molar-refractivity contribution in [3.8, 4) is 0 Å². The quantitative estimate of drug-likeness (QED) is 0.936. The first-order valence-corrected chi connectivity index (χ1v) is 8.01. The number of aromatic nitrogens is 2. The minimum absolute atomic E-state index is 0.0840. The number of benzene rings is 1. The van der Waals surface area contributed by atoms with Crippen molar-refractivity contribution in [3.63, 3.8) is 0 Å². The van der Waals surface area contributed by atoms with Gasteiger partial charge in [0.05, 0.1) is 17.0 Å². The van der Waals surface area contributed by atoms with Crippen LogP contribution in [0.15, 0.2) is 29.1 Å². The molecular weight excluding hydrogens is 294 g/mol. The number of ether oxygens (including phenoxy) is 1. The molecule has 122 valence electrons. The van der Waals surface area contributed by atoms with Crippen molar-refractivity contribution in [1.29, 1.82) is 0 Å². The van der Waals surface area contributed by atoms with Gasteiger partial charge in [-0.1, -0.05) is 12.1 Å². The molecule has 1 N–H and O–H groups in total. The fourth-order valence-electron chi connectivity index (χ4n) is 2.84. The van der Waals surface area contributed by atoms with E-state index in [1.165, 1.54) is 6.42 Å². The molecule has 0 bridgehead atoms. The second kappa shape index (κ2) is 6.91. The van der Waals surface area contributed by atoms with Crippen molar-refractivity contribution < 1.29 is 9.53 Å². The third-order valence-electron chi connectivity index (χ3n) is 4.22. The van der Waals surface area contributed by atoms with Crippen LogP contribution >= 0.6 is 0 Å². The van der Waals surface area contributed by atoms with E-state index in [0.29, 0.717) is 17.4 Å². The van der Waals surface area contributed by atoms with Gasteiger partial charge in [0, 0.05) is 20.2 Å². The van der Waals surface area contributed by atoms with Crippen LogP contribution < -0.4 is 5.56 Å². The highest BCUT2D eigenvalue weighted by atomic mass is 16.5. The highest BCUT2D eigenvalue weighted by Gasteiger charge is 2.19. The van der Waals surface area contributed by atoms with Crippen molar-refractivity contribution >= 4 is 16.8 Å². The van der Waals surface area contributed by atoms with Gasteiger partial charge in [-0.05, 0) is 37.8 Å². The van der Waals surface area contributed by atoms with Crippen LogP contribution in [0, 0.1) is 0 Å². The summed E-state index contributed by atoms with van der Waals surface area (Å²) in [5.74, 6) is -0.190. The minimum atomic E-state index is -0.289. The number of H-pyrrole nitrogens is 1. The topological polar surface area (TPSA) is 75.3 Å². The average molecular weight is 315 g/mol. The number of hydrogen-bond acceptors (Lipinski definition) is 4.